The van der Waals surface area contributed by atoms with Gasteiger partial charge in [0.25, 0.3) is 11.8 Å². The fourth-order valence-corrected chi connectivity index (χ4v) is 3.72. The van der Waals surface area contributed by atoms with Gasteiger partial charge in [0.15, 0.2) is 13.1 Å². The molecule has 2 amide bonds. The van der Waals surface area contributed by atoms with Gasteiger partial charge in [-0.25, -0.2) is 0 Å². The lowest BCUT2D eigenvalue weighted by Crippen LogP contribution is -3.16. The second-order valence-electron chi connectivity index (χ2n) is 7.66. The highest BCUT2D eigenvalue weighted by molar-refractivity contribution is 5.79. The van der Waals surface area contributed by atoms with Crippen LogP contribution in [0.1, 0.15) is 52.9 Å². The van der Waals surface area contributed by atoms with Crippen molar-refractivity contribution in [1.82, 2.24) is 10.6 Å². The molecule has 3 N–H and O–H groups in total. The number of rotatable bonds is 5. The summed E-state index contributed by atoms with van der Waals surface area (Å²) in [5.41, 5.74) is 0.417. The summed E-state index contributed by atoms with van der Waals surface area (Å²) >= 11 is 0. The van der Waals surface area contributed by atoms with Gasteiger partial charge in [-0.3, -0.25) is 9.59 Å². The monoisotopic (exact) mass is 310 g/mol. The first-order valence-electron chi connectivity index (χ1n) is 8.80. The third-order valence-corrected chi connectivity index (χ3v) is 5.73. The Balaban J connectivity index is 1.71. The number of piperazine rings is 1. The maximum atomic E-state index is 12.2. The number of amides is 2. The number of carbonyl (C=O) groups excluding carboxylic acids is 2. The molecule has 2 aliphatic rings. The van der Waals surface area contributed by atoms with Crippen LogP contribution >= 0.6 is 0 Å². The molecule has 0 spiro atoms. The van der Waals surface area contributed by atoms with Gasteiger partial charge in [0.05, 0.1) is 13.1 Å². The van der Waals surface area contributed by atoms with Crippen molar-refractivity contribution in [2.45, 2.75) is 58.9 Å². The molecule has 2 rings (SSSR count). The van der Waals surface area contributed by atoms with E-state index in [-0.39, 0.29) is 11.8 Å². The molecule has 0 bridgehead atoms. The molecule has 0 aromatic carbocycles. The van der Waals surface area contributed by atoms with Crippen molar-refractivity contribution in [2.75, 3.05) is 26.2 Å². The van der Waals surface area contributed by atoms with E-state index in [9.17, 15) is 9.59 Å². The van der Waals surface area contributed by atoms with Crippen molar-refractivity contribution < 1.29 is 14.5 Å². The maximum absolute atomic E-state index is 12.2. The Bertz CT molecular complexity index is 401. The van der Waals surface area contributed by atoms with Crippen LogP contribution in [-0.4, -0.2) is 44.0 Å². The molecule has 5 heteroatoms. The molecule has 1 saturated carbocycles. The predicted octanol–water partition coefficient (Wildman–Crippen LogP) is 0.112. The third-order valence-electron chi connectivity index (χ3n) is 5.73. The van der Waals surface area contributed by atoms with E-state index in [0.29, 0.717) is 31.1 Å². The summed E-state index contributed by atoms with van der Waals surface area (Å²) in [5.74, 6) is 0.932. The van der Waals surface area contributed by atoms with Gasteiger partial charge in [-0.2, -0.15) is 0 Å². The first-order valence-corrected chi connectivity index (χ1v) is 8.80. The molecule has 5 nitrogen and oxygen atoms in total. The summed E-state index contributed by atoms with van der Waals surface area (Å²) in [6.45, 7) is 9.36. The molecule has 0 radical (unpaired) electrons. The minimum absolute atomic E-state index is 0.0522. The highest BCUT2D eigenvalue weighted by Crippen LogP contribution is 2.40. The van der Waals surface area contributed by atoms with Gasteiger partial charge >= 0.3 is 0 Å². The van der Waals surface area contributed by atoms with Gasteiger partial charge in [0, 0.05) is 6.04 Å². The lowest BCUT2D eigenvalue weighted by Gasteiger charge is -2.39. The van der Waals surface area contributed by atoms with Crippen LogP contribution in [0.25, 0.3) is 0 Å². The molecule has 1 atom stereocenters. The number of hydrogen-bond acceptors (Lipinski definition) is 2. The van der Waals surface area contributed by atoms with Crippen molar-refractivity contribution in [3.8, 4) is 0 Å². The summed E-state index contributed by atoms with van der Waals surface area (Å²) in [7, 11) is 0. The molecule has 2 fully saturated rings. The maximum Gasteiger partial charge on any atom is 0.275 e. The minimum Gasteiger partial charge on any atom is -0.348 e. The van der Waals surface area contributed by atoms with E-state index in [2.05, 4.69) is 31.4 Å². The van der Waals surface area contributed by atoms with Gasteiger partial charge in [0.1, 0.15) is 0 Å². The van der Waals surface area contributed by atoms with E-state index in [4.69, 9.17) is 0 Å². The summed E-state index contributed by atoms with van der Waals surface area (Å²) in [5, 5.41) is 5.98. The lowest BCUT2D eigenvalue weighted by atomic mass is 9.69. The summed E-state index contributed by atoms with van der Waals surface area (Å²) in [6, 6.07) is 0.328. The van der Waals surface area contributed by atoms with Crippen molar-refractivity contribution in [2.24, 2.45) is 11.3 Å². The van der Waals surface area contributed by atoms with Gasteiger partial charge in [-0.1, -0.05) is 27.2 Å². The number of carbonyl (C=O) groups is 2. The molecular weight excluding hydrogens is 278 g/mol. The zero-order chi connectivity index (χ0) is 16.2. The smallest absolute Gasteiger partial charge is 0.275 e. The van der Waals surface area contributed by atoms with Crippen LogP contribution in [0.4, 0.5) is 0 Å². The van der Waals surface area contributed by atoms with Crippen molar-refractivity contribution in [3.63, 3.8) is 0 Å². The molecule has 1 saturated heterocycles. The molecule has 1 unspecified atom stereocenters. The van der Waals surface area contributed by atoms with Crippen LogP contribution in [0.2, 0.25) is 0 Å². The van der Waals surface area contributed by atoms with Crippen LogP contribution in [-0.2, 0) is 9.59 Å². The van der Waals surface area contributed by atoms with E-state index in [1.54, 1.807) is 0 Å². The highest BCUT2D eigenvalue weighted by Gasteiger charge is 2.32. The average molecular weight is 310 g/mol. The Morgan fingerprint density at radius 2 is 2.00 bits per heavy atom. The Labute approximate surface area is 134 Å². The van der Waals surface area contributed by atoms with Gasteiger partial charge in [-0.15, -0.1) is 0 Å². The zero-order valence-corrected chi connectivity index (χ0v) is 14.3. The normalized spacial score (nSPS) is 29.8. The SMILES string of the molecule is CCC(C)(C)C1CCC(NC(=O)C[NH+]2CCNC(=O)C2)CC1. The molecule has 1 aliphatic heterocycles. The van der Waals surface area contributed by atoms with Crippen molar-refractivity contribution in [3.05, 3.63) is 0 Å². The second kappa shape index (κ2) is 7.44. The van der Waals surface area contributed by atoms with Crippen LogP contribution in [0.5, 0.6) is 0 Å². The lowest BCUT2D eigenvalue weighted by molar-refractivity contribution is -0.885. The third kappa shape index (κ3) is 4.70. The van der Waals surface area contributed by atoms with E-state index in [1.807, 2.05) is 0 Å². The molecule has 22 heavy (non-hydrogen) atoms. The first kappa shape index (κ1) is 17.3. The molecule has 0 aromatic heterocycles. The molecular formula is C17H32N3O2+. The predicted molar refractivity (Wildman–Crippen MR) is 86.5 cm³/mol. The largest absolute Gasteiger partial charge is 0.348 e. The van der Waals surface area contributed by atoms with E-state index >= 15 is 0 Å². The summed E-state index contributed by atoms with van der Waals surface area (Å²) in [6.07, 6.45) is 5.83. The van der Waals surface area contributed by atoms with Gasteiger partial charge in [0.2, 0.25) is 0 Å². The zero-order valence-electron chi connectivity index (χ0n) is 14.3. The first-order chi connectivity index (χ1) is 10.4. The molecule has 1 heterocycles. The van der Waals surface area contributed by atoms with Crippen LogP contribution in [0.15, 0.2) is 0 Å². The standard InChI is InChI=1S/C17H31N3O2/c1-4-17(2,3)13-5-7-14(8-6-13)19-16(22)12-20-10-9-18-15(21)11-20/h13-14H,4-12H2,1-3H3,(H,18,21)(H,19,22)/p+1. The van der Waals surface area contributed by atoms with Crippen LogP contribution < -0.4 is 15.5 Å². The highest BCUT2D eigenvalue weighted by atomic mass is 16.2. The van der Waals surface area contributed by atoms with Gasteiger partial charge < -0.3 is 15.5 Å². The van der Waals surface area contributed by atoms with E-state index in [1.165, 1.54) is 19.3 Å². The summed E-state index contributed by atoms with van der Waals surface area (Å²) in [4.78, 5) is 24.6. The molecule has 1 aliphatic carbocycles. The van der Waals surface area contributed by atoms with E-state index < -0.39 is 0 Å². The Hall–Kier alpha value is -1.10. The second-order valence-corrected chi connectivity index (χ2v) is 7.66. The molecule has 0 aromatic rings. The quantitative estimate of drug-likeness (QED) is 0.675. The molecule has 126 valence electrons. The topological polar surface area (TPSA) is 62.6 Å². The van der Waals surface area contributed by atoms with Crippen LogP contribution in [0, 0.1) is 11.3 Å². The fraction of sp³-hybridized carbons (Fsp3) is 0.882. The Morgan fingerprint density at radius 1 is 1.32 bits per heavy atom. The van der Waals surface area contributed by atoms with Gasteiger partial charge in [-0.05, 0) is 37.0 Å². The average Bonchev–Trinajstić information content (AvgIpc) is 2.47. The Morgan fingerprint density at radius 3 is 2.59 bits per heavy atom. The van der Waals surface area contributed by atoms with Crippen molar-refractivity contribution >= 4 is 11.8 Å². The minimum atomic E-state index is 0.0522. The number of nitrogens with one attached hydrogen (secondary N) is 3. The number of hydrogen-bond donors (Lipinski definition) is 3. The van der Waals surface area contributed by atoms with Crippen molar-refractivity contribution in [1.29, 1.82) is 0 Å². The Kier molecular flexibility index (Phi) is 5.84. The van der Waals surface area contributed by atoms with E-state index in [0.717, 1.165) is 30.2 Å². The summed E-state index contributed by atoms with van der Waals surface area (Å²) < 4.78 is 0. The fourth-order valence-electron chi connectivity index (χ4n) is 3.72. The van der Waals surface area contributed by atoms with Crippen LogP contribution in [0.3, 0.4) is 0 Å². The number of quaternary nitrogens is 1.